The first kappa shape index (κ1) is 49.8. The molecular formula is C16H46F6PSb. The third kappa shape index (κ3) is 25.1. The van der Waals surface area contributed by atoms with E-state index in [1.807, 2.05) is 0 Å². The van der Waals surface area contributed by atoms with Crippen LogP contribution in [0.5, 0.6) is 0 Å². The quantitative estimate of drug-likeness (QED) is 0.182. The molecule has 0 bridgehead atoms. The van der Waals surface area contributed by atoms with E-state index in [-0.39, 0.29) is 52.7 Å². The number of halogens is 6. The Morgan fingerprint density at radius 3 is 0.708 bits per heavy atom. The fourth-order valence-corrected chi connectivity index (χ4v) is 8.87. The second-order valence-electron chi connectivity index (χ2n) is 5.91. The maximum absolute atomic E-state index is 2.36. The van der Waals surface area contributed by atoms with Crippen LogP contribution in [0.3, 0.4) is 0 Å². The summed E-state index contributed by atoms with van der Waals surface area (Å²) in [7, 11) is -0.879. The van der Waals surface area contributed by atoms with E-state index in [1.165, 1.54) is 51.4 Å². The molecule has 0 unspecified atom stereocenters. The van der Waals surface area contributed by atoms with E-state index >= 15 is 0 Å². The molecule has 0 aliphatic rings. The molecule has 0 nitrogen and oxygen atoms in total. The van der Waals surface area contributed by atoms with E-state index in [1.54, 1.807) is 24.6 Å². The summed E-state index contributed by atoms with van der Waals surface area (Å²) >= 11 is 0. The summed E-state index contributed by atoms with van der Waals surface area (Å²) in [5.41, 5.74) is 0. The van der Waals surface area contributed by atoms with E-state index in [2.05, 4.69) is 27.7 Å². The zero-order valence-electron chi connectivity index (χ0n) is 16.1. The first-order valence-corrected chi connectivity index (χ1v) is 11.1. The van der Waals surface area contributed by atoms with Crippen molar-refractivity contribution < 1.29 is 28.2 Å². The third-order valence-corrected chi connectivity index (χ3v) is 9.90. The van der Waals surface area contributed by atoms with Gasteiger partial charge in [-0.3, -0.25) is 28.2 Å². The summed E-state index contributed by atoms with van der Waals surface area (Å²) in [6.45, 7) is 9.44. The second-order valence-corrected chi connectivity index (χ2v) is 10.9. The molecule has 0 atom stereocenters. The van der Waals surface area contributed by atoms with E-state index < -0.39 is 7.26 Å². The zero-order valence-corrected chi connectivity index (χ0v) is 21.2. The number of unbranched alkanes of at least 4 members (excludes halogenated alkanes) is 4. The van der Waals surface area contributed by atoms with Crippen LogP contribution in [0, 0.1) is 0 Å². The summed E-state index contributed by atoms with van der Waals surface area (Å²) in [4.78, 5) is 0. The summed E-state index contributed by atoms with van der Waals surface area (Å²) < 4.78 is 0. The number of hydrogen-bond acceptors (Lipinski definition) is 0. The van der Waals surface area contributed by atoms with Crippen LogP contribution in [0.4, 0.5) is 28.2 Å². The van der Waals surface area contributed by atoms with Gasteiger partial charge in [0.05, 0.1) is 0 Å². The summed E-state index contributed by atoms with van der Waals surface area (Å²) in [6, 6.07) is 0. The first-order chi connectivity index (χ1) is 8.24. The Morgan fingerprint density at radius 2 is 0.583 bits per heavy atom. The molecule has 0 radical (unpaired) electrons. The van der Waals surface area contributed by atoms with Gasteiger partial charge in [-0.15, -0.1) is 0 Å². The normalized spacial score (nSPS) is 9.17. The first-order valence-electron chi connectivity index (χ1n) is 8.24. The van der Waals surface area contributed by atoms with E-state index in [4.69, 9.17) is 0 Å². The van der Waals surface area contributed by atoms with Crippen LogP contribution in [0.15, 0.2) is 0 Å². The average molecular weight is 505 g/mol. The molecule has 162 valence electrons. The molecule has 24 heavy (non-hydrogen) atoms. The Kier molecular flexibility index (Phi) is 72.7. The fourth-order valence-electron chi connectivity index (χ4n) is 2.96. The van der Waals surface area contributed by atoms with Crippen LogP contribution in [-0.4, -0.2) is 49.1 Å². The molecule has 0 N–H and O–H groups in total. The molecule has 0 saturated carbocycles. The molecule has 0 aliphatic heterocycles. The minimum atomic E-state index is -0.879. The van der Waals surface area contributed by atoms with E-state index in [0.717, 1.165) is 0 Å². The van der Waals surface area contributed by atoms with Gasteiger partial charge >= 0.3 is 135 Å². The predicted molar refractivity (Wildman–Crippen MR) is 112 cm³/mol. The Hall–Kier alpha value is 0.828. The molecule has 0 aromatic rings. The van der Waals surface area contributed by atoms with Crippen molar-refractivity contribution >= 4 is 31.7 Å². The van der Waals surface area contributed by atoms with Gasteiger partial charge in [0.15, 0.2) is 0 Å². The van der Waals surface area contributed by atoms with Crippen LogP contribution in [0.25, 0.3) is 0 Å². The van der Waals surface area contributed by atoms with Crippen LogP contribution >= 0.6 is 7.26 Å². The van der Waals surface area contributed by atoms with Crippen molar-refractivity contribution in [1.82, 2.24) is 0 Å². The van der Waals surface area contributed by atoms with Gasteiger partial charge in [-0.2, -0.15) is 0 Å². The van der Waals surface area contributed by atoms with Gasteiger partial charge in [-0.1, -0.05) is 0 Å². The number of rotatable bonds is 12. The van der Waals surface area contributed by atoms with Gasteiger partial charge in [0.25, 0.3) is 0 Å². The summed E-state index contributed by atoms with van der Waals surface area (Å²) in [5.74, 6) is 0. The standard InChI is InChI=1S/C16H37P.6FH.Sb.3H/c1-5-9-13-17(14-10-6-2,15-11-7-3)16-12-8-4;;;;;;;;;;/h17H,5-16H2,1-4H3;6*1H;;;;. The van der Waals surface area contributed by atoms with Gasteiger partial charge in [-0.05, 0) is 0 Å². The fraction of sp³-hybridized carbons (Fsp3) is 1.00. The Balaban J connectivity index is -0.0000000610. The van der Waals surface area contributed by atoms with Gasteiger partial charge < -0.3 is 0 Å². The maximum atomic E-state index is 2.36. The molecular weight excluding hydrogens is 459 g/mol. The van der Waals surface area contributed by atoms with Crippen molar-refractivity contribution in [3.63, 3.8) is 0 Å². The monoisotopic (exact) mass is 504 g/mol. The average Bonchev–Trinajstić information content (AvgIpc) is 2.37. The van der Waals surface area contributed by atoms with Crippen molar-refractivity contribution in [2.24, 2.45) is 0 Å². The summed E-state index contributed by atoms with van der Waals surface area (Å²) in [5, 5.41) is 0. The molecule has 8 heteroatoms. The molecule has 0 aromatic carbocycles. The van der Waals surface area contributed by atoms with Crippen LogP contribution in [0.1, 0.15) is 79.1 Å². The zero-order chi connectivity index (χ0) is 13.0. The molecule has 0 amide bonds. The van der Waals surface area contributed by atoms with E-state index in [9.17, 15) is 0 Å². The Bertz CT molecular complexity index is 141. The van der Waals surface area contributed by atoms with Crippen molar-refractivity contribution in [2.75, 3.05) is 24.6 Å². The Morgan fingerprint density at radius 1 is 0.417 bits per heavy atom. The molecule has 0 spiro atoms. The van der Waals surface area contributed by atoms with Crippen molar-refractivity contribution in [1.29, 1.82) is 0 Å². The van der Waals surface area contributed by atoms with Gasteiger partial charge in [0.2, 0.25) is 0 Å². The molecule has 0 heterocycles. The molecule has 0 aromatic heterocycles. The van der Waals surface area contributed by atoms with Crippen molar-refractivity contribution in [3.8, 4) is 0 Å². The predicted octanol–water partition coefficient (Wildman–Crippen LogP) is 5.67. The third-order valence-electron chi connectivity index (χ3n) is 4.24. The topological polar surface area (TPSA) is 0 Å². The van der Waals surface area contributed by atoms with E-state index in [0.29, 0.717) is 0 Å². The van der Waals surface area contributed by atoms with Crippen molar-refractivity contribution in [2.45, 2.75) is 79.1 Å². The van der Waals surface area contributed by atoms with Crippen LogP contribution in [-0.2, 0) is 0 Å². The van der Waals surface area contributed by atoms with Crippen LogP contribution < -0.4 is 0 Å². The van der Waals surface area contributed by atoms with Crippen molar-refractivity contribution in [3.05, 3.63) is 0 Å². The number of hydrogen-bond donors (Lipinski definition) is 0. The Labute approximate surface area is 163 Å². The molecule has 0 rings (SSSR count). The van der Waals surface area contributed by atoms with Gasteiger partial charge in [-0.25, -0.2) is 0 Å². The van der Waals surface area contributed by atoms with Gasteiger partial charge in [0.1, 0.15) is 0 Å². The summed E-state index contributed by atoms with van der Waals surface area (Å²) in [6.07, 6.45) is 18.1. The molecule has 0 fully saturated rings. The molecule has 0 saturated heterocycles. The van der Waals surface area contributed by atoms with Crippen LogP contribution in [0.2, 0.25) is 0 Å². The van der Waals surface area contributed by atoms with Gasteiger partial charge in [0, 0.05) is 0 Å². The second kappa shape index (κ2) is 35.0. The minimum absolute atomic E-state index is 0. The SMILES string of the molecule is CCCC[PH](CCCC)(CCCC)CCCC.F.F.F.F.F.F.[SbH3]. The molecule has 0 aliphatic carbocycles.